The van der Waals surface area contributed by atoms with Gasteiger partial charge in [-0.3, -0.25) is 9.78 Å². The molecule has 0 bridgehead atoms. The third-order valence-corrected chi connectivity index (χ3v) is 2.15. The van der Waals surface area contributed by atoms with E-state index in [4.69, 9.17) is 5.11 Å². The molecule has 0 aliphatic rings. The number of aromatic hydroxyl groups is 2. The number of pyridine rings is 1. The van der Waals surface area contributed by atoms with Crippen LogP contribution in [0.15, 0.2) is 42.7 Å². The molecule has 1 amide bonds. The molecule has 0 aliphatic carbocycles. The first-order valence-electron chi connectivity index (χ1n) is 4.90. The summed E-state index contributed by atoms with van der Waals surface area (Å²) in [5.74, 6) is -0.831. The van der Waals surface area contributed by atoms with Crippen molar-refractivity contribution in [1.29, 1.82) is 0 Å². The van der Waals surface area contributed by atoms with Crippen LogP contribution in [0.2, 0.25) is 0 Å². The van der Waals surface area contributed by atoms with Gasteiger partial charge in [0.2, 0.25) is 0 Å². The van der Waals surface area contributed by atoms with Crippen molar-refractivity contribution < 1.29 is 15.0 Å². The smallest absolute Gasteiger partial charge is 0.259 e. The predicted octanol–water partition coefficient (Wildman–Crippen LogP) is 1.75. The Kier molecular flexibility index (Phi) is 2.91. The molecule has 5 nitrogen and oxygen atoms in total. The van der Waals surface area contributed by atoms with E-state index in [0.717, 1.165) is 6.07 Å². The number of hydrogen-bond acceptors (Lipinski definition) is 4. The van der Waals surface area contributed by atoms with Gasteiger partial charge in [0.05, 0.1) is 17.4 Å². The van der Waals surface area contributed by atoms with Crippen molar-refractivity contribution in [1.82, 2.24) is 4.98 Å². The first-order chi connectivity index (χ1) is 8.16. The Morgan fingerprint density at radius 3 is 2.71 bits per heavy atom. The molecule has 3 N–H and O–H groups in total. The van der Waals surface area contributed by atoms with Gasteiger partial charge in [0, 0.05) is 12.3 Å². The van der Waals surface area contributed by atoms with E-state index in [-0.39, 0.29) is 17.1 Å². The first kappa shape index (κ1) is 10.9. The van der Waals surface area contributed by atoms with E-state index in [0.29, 0.717) is 5.69 Å². The molecule has 0 spiro atoms. The summed E-state index contributed by atoms with van der Waals surface area (Å²) in [5, 5.41) is 21.2. The molecule has 17 heavy (non-hydrogen) atoms. The first-order valence-corrected chi connectivity index (χ1v) is 4.90. The topological polar surface area (TPSA) is 82.5 Å². The minimum atomic E-state index is -0.462. The summed E-state index contributed by atoms with van der Waals surface area (Å²) in [6, 6.07) is 7.15. The maximum atomic E-state index is 11.8. The normalized spacial score (nSPS) is 9.88. The van der Waals surface area contributed by atoms with E-state index in [9.17, 15) is 9.90 Å². The van der Waals surface area contributed by atoms with Crippen LogP contribution in [-0.2, 0) is 0 Å². The lowest BCUT2D eigenvalue weighted by Crippen LogP contribution is -2.12. The van der Waals surface area contributed by atoms with Gasteiger partial charge in [0.15, 0.2) is 0 Å². The fourth-order valence-corrected chi connectivity index (χ4v) is 1.35. The number of anilines is 1. The summed E-state index contributed by atoms with van der Waals surface area (Å²) in [4.78, 5) is 15.6. The molecule has 0 unspecified atom stereocenters. The van der Waals surface area contributed by atoms with E-state index >= 15 is 0 Å². The number of hydrogen-bond donors (Lipinski definition) is 3. The summed E-state index contributed by atoms with van der Waals surface area (Å²) in [6.07, 6.45) is 3.09. The van der Waals surface area contributed by atoms with Gasteiger partial charge < -0.3 is 15.5 Å². The zero-order valence-corrected chi connectivity index (χ0v) is 8.79. The molecule has 0 saturated heterocycles. The number of rotatable bonds is 2. The highest BCUT2D eigenvalue weighted by atomic mass is 16.3. The van der Waals surface area contributed by atoms with Gasteiger partial charge in [-0.25, -0.2) is 0 Å². The average molecular weight is 230 g/mol. The van der Waals surface area contributed by atoms with Crippen LogP contribution in [0.5, 0.6) is 11.5 Å². The Morgan fingerprint density at radius 1 is 1.24 bits per heavy atom. The number of nitrogens with one attached hydrogen (secondary N) is 1. The average Bonchev–Trinajstić information content (AvgIpc) is 2.30. The molecule has 1 aromatic carbocycles. The van der Waals surface area contributed by atoms with Crippen LogP contribution in [0.1, 0.15) is 10.4 Å². The monoisotopic (exact) mass is 230 g/mol. The van der Waals surface area contributed by atoms with Crippen LogP contribution in [0, 0.1) is 0 Å². The summed E-state index contributed by atoms with van der Waals surface area (Å²) >= 11 is 0. The van der Waals surface area contributed by atoms with E-state index < -0.39 is 5.91 Å². The van der Waals surface area contributed by atoms with Gasteiger partial charge in [0.25, 0.3) is 5.91 Å². The molecule has 5 heteroatoms. The summed E-state index contributed by atoms with van der Waals surface area (Å²) < 4.78 is 0. The van der Waals surface area contributed by atoms with Gasteiger partial charge in [-0.05, 0) is 24.3 Å². The molecule has 2 aromatic rings. The second-order valence-electron chi connectivity index (χ2n) is 3.40. The molecule has 0 fully saturated rings. The fraction of sp³-hybridized carbons (Fsp3) is 0. The fourth-order valence-electron chi connectivity index (χ4n) is 1.35. The molecular formula is C12H10N2O3. The predicted molar refractivity (Wildman–Crippen MR) is 62.0 cm³/mol. The molecule has 1 heterocycles. The van der Waals surface area contributed by atoms with Crippen LogP contribution < -0.4 is 5.32 Å². The SMILES string of the molecule is O=C(Nc1cccnc1)c1ccc(O)cc1O. The quantitative estimate of drug-likeness (QED) is 0.733. The maximum Gasteiger partial charge on any atom is 0.259 e. The summed E-state index contributed by atoms with van der Waals surface area (Å²) in [6.45, 7) is 0. The molecule has 1 aromatic heterocycles. The Morgan fingerprint density at radius 2 is 2.06 bits per heavy atom. The van der Waals surface area contributed by atoms with E-state index in [1.807, 2.05) is 0 Å². The summed E-state index contributed by atoms with van der Waals surface area (Å²) in [7, 11) is 0. The Balaban J connectivity index is 2.21. The van der Waals surface area contributed by atoms with E-state index in [2.05, 4.69) is 10.3 Å². The van der Waals surface area contributed by atoms with Crippen LogP contribution >= 0.6 is 0 Å². The maximum absolute atomic E-state index is 11.8. The Labute approximate surface area is 97.4 Å². The van der Waals surface area contributed by atoms with Crippen molar-refractivity contribution in [2.75, 3.05) is 5.32 Å². The number of aromatic nitrogens is 1. The molecule has 0 saturated carbocycles. The lowest BCUT2D eigenvalue weighted by molar-refractivity contribution is 0.102. The highest BCUT2D eigenvalue weighted by Gasteiger charge is 2.11. The molecular weight excluding hydrogens is 220 g/mol. The number of carbonyl (C=O) groups excluding carboxylic acids is 1. The minimum absolute atomic E-state index is 0.0895. The number of phenols is 2. The third kappa shape index (κ3) is 2.52. The van der Waals surface area contributed by atoms with Crippen LogP contribution in [-0.4, -0.2) is 21.1 Å². The van der Waals surface area contributed by atoms with Crippen molar-refractivity contribution in [2.24, 2.45) is 0 Å². The van der Waals surface area contributed by atoms with Crippen molar-refractivity contribution in [3.05, 3.63) is 48.3 Å². The zero-order valence-electron chi connectivity index (χ0n) is 8.79. The molecule has 0 aliphatic heterocycles. The van der Waals surface area contributed by atoms with Crippen LogP contribution in [0.4, 0.5) is 5.69 Å². The Bertz CT molecular complexity index is 541. The van der Waals surface area contributed by atoms with Gasteiger partial charge in [0.1, 0.15) is 11.5 Å². The second-order valence-corrected chi connectivity index (χ2v) is 3.40. The van der Waals surface area contributed by atoms with Crippen molar-refractivity contribution in [3.63, 3.8) is 0 Å². The second kappa shape index (κ2) is 4.52. The van der Waals surface area contributed by atoms with E-state index in [1.165, 1.54) is 18.3 Å². The number of benzene rings is 1. The van der Waals surface area contributed by atoms with Gasteiger partial charge in [-0.15, -0.1) is 0 Å². The Hall–Kier alpha value is -2.56. The van der Waals surface area contributed by atoms with Crippen molar-refractivity contribution in [3.8, 4) is 11.5 Å². The number of nitrogens with zero attached hydrogens (tertiary/aromatic N) is 1. The van der Waals surface area contributed by atoms with Gasteiger partial charge in [-0.2, -0.15) is 0 Å². The number of phenolic OH excluding ortho intramolecular Hbond substituents is 2. The molecule has 86 valence electrons. The van der Waals surface area contributed by atoms with Crippen LogP contribution in [0.25, 0.3) is 0 Å². The standard InChI is InChI=1S/C12H10N2O3/c15-9-3-4-10(11(16)6-9)12(17)14-8-2-1-5-13-7-8/h1-7,15-16H,(H,14,17). The van der Waals surface area contributed by atoms with Gasteiger partial charge in [-0.1, -0.05) is 0 Å². The zero-order chi connectivity index (χ0) is 12.3. The number of amides is 1. The van der Waals surface area contributed by atoms with Crippen LogP contribution in [0.3, 0.4) is 0 Å². The lowest BCUT2D eigenvalue weighted by Gasteiger charge is -2.06. The van der Waals surface area contributed by atoms with Crippen molar-refractivity contribution >= 4 is 11.6 Å². The molecule has 0 radical (unpaired) electrons. The van der Waals surface area contributed by atoms with E-state index in [1.54, 1.807) is 18.3 Å². The largest absolute Gasteiger partial charge is 0.508 e. The summed E-state index contributed by atoms with van der Waals surface area (Å²) in [5.41, 5.74) is 0.622. The lowest BCUT2D eigenvalue weighted by atomic mass is 10.2. The molecule has 0 atom stereocenters. The number of carbonyl (C=O) groups is 1. The highest BCUT2D eigenvalue weighted by molar-refractivity contribution is 6.06. The minimum Gasteiger partial charge on any atom is -0.508 e. The third-order valence-electron chi connectivity index (χ3n) is 2.15. The highest BCUT2D eigenvalue weighted by Crippen LogP contribution is 2.23. The van der Waals surface area contributed by atoms with Gasteiger partial charge >= 0.3 is 0 Å². The van der Waals surface area contributed by atoms with Crippen molar-refractivity contribution in [2.45, 2.75) is 0 Å². The molecule has 2 rings (SSSR count).